The van der Waals surface area contributed by atoms with E-state index in [-0.39, 0.29) is 6.04 Å². The SMILES string of the molecule is CCOCCN(C)CC(C)(NC(C)C)C(=O)O. The molecule has 102 valence electrons. The van der Waals surface area contributed by atoms with Crippen LogP contribution in [0.2, 0.25) is 0 Å². The van der Waals surface area contributed by atoms with E-state index in [1.165, 1.54) is 0 Å². The third-order valence-electron chi connectivity index (χ3n) is 2.49. The molecule has 0 aromatic carbocycles. The van der Waals surface area contributed by atoms with E-state index in [4.69, 9.17) is 4.74 Å². The van der Waals surface area contributed by atoms with Crippen LogP contribution in [-0.2, 0) is 9.53 Å². The standard InChI is InChI=1S/C12H26N2O3/c1-6-17-8-7-14(5)9-12(4,11(15)16)13-10(2)3/h10,13H,6-9H2,1-5H3,(H,15,16). The van der Waals surface area contributed by atoms with Gasteiger partial charge in [0.1, 0.15) is 5.54 Å². The Morgan fingerprint density at radius 3 is 2.53 bits per heavy atom. The van der Waals surface area contributed by atoms with E-state index in [1.54, 1.807) is 6.92 Å². The van der Waals surface area contributed by atoms with Crippen LogP contribution in [0.25, 0.3) is 0 Å². The first kappa shape index (κ1) is 16.4. The highest BCUT2D eigenvalue weighted by molar-refractivity contribution is 5.78. The second-order valence-corrected chi connectivity index (χ2v) is 4.87. The van der Waals surface area contributed by atoms with E-state index in [1.807, 2.05) is 32.7 Å². The van der Waals surface area contributed by atoms with Crippen LogP contribution in [0.4, 0.5) is 0 Å². The first-order valence-electron chi connectivity index (χ1n) is 6.09. The lowest BCUT2D eigenvalue weighted by Crippen LogP contribution is -2.58. The van der Waals surface area contributed by atoms with E-state index in [2.05, 4.69) is 5.32 Å². The van der Waals surface area contributed by atoms with Gasteiger partial charge in [0.2, 0.25) is 0 Å². The van der Waals surface area contributed by atoms with Crippen LogP contribution in [0.1, 0.15) is 27.7 Å². The summed E-state index contributed by atoms with van der Waals surface area (Å²) in [5.74, 6) is -0.825. The molecule has 0 radical (unpaired) electrons. The zero-order chi connectivity index (χ0) is 13.5. The van der Waals surface area contributed by atoms with Crippen molar-refractivity contribution in [1.82, 2.24) is 10.2 Å². The second kappa shape index (κ2) is 7.63. The minimum Gasteiger partial charge on any atom is -0.480 e. The largest absolute Gasteiger partial charge is 0.480 e. The third-order valence-corrected chi connectivity index (χ3v) is 2.49. The lowest BCUT2D eigenvalue weighted by Gasteiger charge is -2.32. The van der Waals surface area contributed by atoms with E-state index >= 15 is 0 Å². The van der Waals surface area contributed by atoms with Crippen molar-refractivity contribution < 1.29 is 14.6 Å². The molecule has 0 spiro atoms. The van der Waals surface area contributed by atoms with Crippen molar-refractivity contribution in [1.29, 1.82) is 0 Å². The average Bonchev–Trinajstić information content (AvgIpc) is 2.16. The summed E-state index contributed by atoms with van der Waals surface area (Å²) in [5, 5.41) is 12.4. The van der Waals surface area contributed by atoms with Crippen molar-refractivity contribution in [3.05, 3.63) is 0 Å². The molecule has 0 saturated carbocycles. The maximum absolute atomic E-state index is 11.3. The van der Waals surface area contributed by atoms with Crippen molar-refractivity contribution in [2.45, 2.75) is 39.3 Å². The van der Waals surface area contributed by atoms with Crippen LogP contribution >= 0.6 is 0 Å². The van der Waals surface area contributed by atoms with Gasteiger partial charge in [0.25, 0.3) is 0 Å². The van der Waals surface area contributed by atoms with Gasteiger partial charge in [-0.2, -0.15) is 0 Å². The van der Waals surface area contributed by atoms with Crippen molar-refractivity contribution in [2.24, 2.45) is 0 Å². The topological polar surface area (TPSA) is 61.8 Å². The lowest BCUT2D eigenvalue weighted by atomic mass is 10.0. The van der Waals surface area contributed by atoms with Crippen LogP contribution < -0.4 is 5.32 Å². The molecule has 0 rings (SSSR count). The molecular formula is C12H26N2O3. The van der Waals surface area contributed by atoms with Gasteiger partial charge in [-0.3, -0.25) is 10.1 Å². The molecule has 2 N–H and O–H groups in total. The normalized spacial score (nSPS) is 15.2. The summed E-state index contributed by atoms with van der Waals surface area (Å²) in [7, 11) is 1.90. The Morgan fingerprint density at radius 1 is 1.53 bits per heavy atom. The Morgan fingerprint density at radius 2 is 2.12 bits per heavy atom. The smallest absolute Gasteiger partial charge is 0.324 e. The van der Waals surface area contributed by atoms with E-state index in [0.717, 1.165) is 6.54 Å². The summed E-state index contributed by atoms with van der Waals surface area (Å²) < 4.78 is 5.25. The van der Waals surface area contributed by atoms with Gasteiger partial charge >= 0.3 is 5.97 Å². The number of carboxylic acids is 1. The lowest BCUT2D eigenvalue weighted by molar-refractivity contribution is -0.145. The first-order valence-corrected chi connectivity index (χ1v) is 6.09. The van der Waals surface area contributed by atoms with Gasteiger partial charge in [0, 0.05) is 25.7 Å². The van der Waals surface area contributed by atoms with Crippen LogP contribution in [0, 0.1) is 0 Å². The van der Waals surface area contributed by atoms with E-state index in [0.29, 0.717) is 19.8 Å². The average molecular weight is 246 g/mol. The Bertz CT molecular complexity index is 234. The van der Waals surface area contributed by atoms with Gasteiger partial charge in [0.15, 0.2) is 0 Å². The molecule has 1 unspecified atom stereocenters. The Hall–Kier alpha value is -0.650. The van der Waals surface area contributed by atoms with Crippen molar-refractivity contribution >= 4 is 5.97 Å². The highest BCUT2D eigenvalue weighted by Crippen LogP contribution is 2.08. The van der Waals surface area contributed by atoms with Gasteiger partial charge in [0.05, 0.1) is 6.61 Å². The molecule has 0 amide bonds. The predicted octanol–water partition coefficient (Wildman–Crippen LogP) is 0.796. The van der Waals surface area contributed by atoms with Gasteiger partial charge in [-0.05, 0) is 34.7 Å². The van der Waals surface area contributed by atoms with Gasteiger partial charge in [-0.1, -0.05) is 0 Å². The number of hydrogen-bond donors (Lipinski definition) is 2. The number of carboxylic acid groups (broad SMARTS) is 1. The minimum absolute atomic E-state index is 0.136. The molecule has 0 aromatic heterocycles. The number of carbonyl (C=O) groups is 1. The summed E-state index contributed by atoms with van der Waals surface area (Å²) >= 11 is 0. The van der Waals surface area contributed by atoms with Crippen LogP contribution in [0.3, 0.4) is 0 Å². The summed E-state index contributed by atoms with van der Waals surface area (Å²) in [6.07, 6.45) is 0. The molecule has 5 heteroatoms. The Kier molecular flexibility index (Phi) is 7.34. The minimum atomic E-state index is -0.921. The number of nitrogens with one attached hydrogen (secondary N) is 1. The molecule has 0 aromatic rings. The van der Waals surface area contributed by atoms with E-state index < -0.39 is 11.5 Å². The quantitative estimate of drug-likeness (QED) is 0.589. The summed E-state index contributed by atoms with van der Waals surface area (Å²) in [6.45, 7) is 10.1. The maximum Gasteiger partial charge on any atom is 0.324 e. The molecule has 0 heterocycles. The Balaban J connectivity index is 4.28. The van der Waals surface area contributed by atoms with Crippen LogP contribution in [0.15, 0.2) is 0 Å². The Labute approximate surface area is 104 Å². The maximum atomic E-state index is 11.3. The molecular weight excluding hydrogens is 220 g/mol. The van der Waals surface area contributed by atoms with Crippen LogP contribution in [-0.4, -0.2) is 60.9 Å². The van der Waals surface area contributed by atoms with Gasteiger partial charge in [-0.15, -0.1) is 0 Å². The molecule has 0 fully saturated rings. The second-order valence-electron chi connectivity index (χ2n) is 4.87. The van der Waals surface area contributed by atoms with E-state index in [9.17, 15) is 9.90 Å². The number of nitrogens with zero attached hydrogens (tertiary/aromatic N) is 1. The highest BCUT2D eigenvalue weighted by Gasteiger charge is 2.34. The number of likely N-dealkylation sites (N-methyl/N-ethyl adjacent to an activating group) is 1. The predicted molar refractivity (Wildman–Crippen MR) is 68.3 cm³/mol. The molecule has 0 bridgehead atoms. The molecule has 0 aliphatic heterocycles. The van der Waals surface area contributed by atoms with Crippen molar-refractivity contribution in [2.75, 3.05) is 33.4 Å². The monoisotopic (exact) mass is 246 g/mol. The van der Waals surface area contributed by atoms with Gasteiger partial charge < -0.3 is 14.7 Å². The number of ether oxygens (including phenoxy) is 1. The molecule has 5 nitrogen and oxygen atoms in total. The molecule has 1 atom stereocenters. The summed E-state index contributed by atoms with van der Waals surface area (Å²) in [6, 6.07) is 0.136. The summed E-state index contributed by atoms with van der Waals surface area (Å²) in [5.41, 5.74) is -0.921. The fourth-order valence-electron chi connectivity index (χ4n) is 1.80. The van der Waals surface area contributed by atoms with Crippen LogP contribution in [0.5, 0.6) is 0 Å². The highest BCUT2D eigenvalue weighted by atomic mass is 16.5. The molecule has 0 aliphatic rings. The summed E-state index contributed by atoms with van der Waals surface area (Å²) in [4.78, 5) is 13.3. The fourth-order valence-corrected chi connectivity index (χ4v) is 1.80. The fraction of sp³-hybridized carbons (Fsp3) is 0.917. The van der Waals surface area contributed by atoms with Crippen molar-refractivity contribution in [3.8, 4) is 0 Å². The van der Waals surface area contributed by atoms with Crippen molar-refractivity contribution in [3.63, 3.8) is 0 Å². The molecule has 17 heavy (non-hydrogen) atoms. The zero-order valence-electron chi connectivity index (χ0n) is 11.6. The third kappa shape index (κ3) is 6.61. The molecule has 0 aliphatic carbocycles. The number of hydrogen-bond acceptors (Lipinski definition) is 4. The first-order chi connectivity index (χ1) is 7.81. The molecule has 0 saturated heterocycles. The zero-order valence-corrected chi connectivity index (χ0v) is 11.6. The number of rotatable bonds is 9. The number of aliphatic carboxylic acids is 1. The van der Waals surface area contributed by atoms with Gasteiger partial charge in [-0.25, -0.2) is 0 Å².